The average molecular weight is 489 g/mol. The standard InChI is InChI=1S/C21H21BrN4O5/c1-12(27)23-13-8-9-17(31-3)16(10-13)24-18(28)11-26-19(29)21(2,25-20(26)30)14-6-4-5-7-15(14)22/h4-10H,11H2,1-3H3,(H,23,27)(H,24,28)(H,25,30)/t21-/m1/s1. The topological polar surface area (TPSA) is 117 Å². The molecule has 31 heavy (non-hydrogen) atoms. The normalized spacial score (nSPS) is 17.9. The largest absolute Gasteiger partial charge is 0.495 e. The molecule has 1 aliphatic rings. The van der Waals surface area contributed by atoms with Crippen molar-refractivity contribution in [3.05, 3.63) is 52.5 Å². The SMILES string of the molecule is COc1ccc(NC(C)=O)cc1NC(=O)CN1C(=O)N[C@](C)(c2ccccc2Br)C1=O. The molecule has 3 N–H and O–H groups in total. The number of benzene rings is 2. The van der Waals surface area contributed by atoms with Gasteiger partial charge < -0.3 is 20.7 Å². The third-order valence-corrected chi connectivity index (χ3v) is 5.47. The zero-order chi connectivity index (χ0) is 22.8. The fourth-order valence-electron chi connectivity index (χ4n) is 3.31. The Hall–Kier alpha value is -3.40. The first-order valence-electron chi connectivity index (χ1n) is 9.30. The van der Waals surface area contributed by atoms with E-state index in [0.29, 0.717) is 27.2 Å². The summed E-state index contributed by atoms with van der Waals surface area (Å²) in [7, 11) is 1.43. The molecule has 0 aromatic heterocycles. The van der Waals surface area contributed by atoms with Gasteiger partial charge in [-0.2, -0.15) is 0 Å². The number of urea groups is 1. The zero-order valence-electron chi connectivity index (χ0n) is 17.1. The van der Waals surface area contributed by atoms with Gasteiger partial charge in [-0.1, -0.05) is 34.1 Å². The smallest absolute Gasteiger partial charge is 0.325 e. The monoisotopic (exact) mass is 488 g/mol. The van der Waals surface area contributed by atoms with Gasteiger partial charge in [-0.3, -0.25) is 19.3 Å². The van der Waals surface area contributed by atoms with E-state index in [1.165, 1.54) is 20.1 Å². The van der Waals surface area contributed by atoms with Crippen LogP contribution in [0, 0.1) is 0 Å². The summed E-state index contributed by atoms with van der Waals surface area (Å²) >= 11 is 3.40. The van der Waals surface area contributed by atoms with Crippen LogP contribution in [0.25, 0.3) is 0 Å². The minimum Gasteiger partial charge on any atom is -0.495 e. The molecular weight excluding hydrogens is 468 g/mol. The highest BCUT2D eigenvalue weighted by Crippen LogP contribution is 2.34. The lowest BCUT2D eigenvalue weighted by molar-refractivity contribution is -0.133. The van der Waals surface area contributed by atoms with Crippen molar-refractivity contribution >= 4 is 51.1 Å². The molecule has 1 saturated heterocycles. The Morgan fingerprint density at radius 2 is 1.87 bits per heavy atom. The van der Waals surface area contributed by atoms with Gasteiger partial charge in [0.15, 0.2) is 0 Å². The lowest BCUT2D eigenvalue weighted by Gasteiger charge is -2.23. The van der Waals surface area contributed by atoms with Crippen molar-refractivity contribution < 1.29 is 23.9 Å². The molecule has 1 atom stereocenters. The molecule has 162 valence electrons. The minimum atomic E-state index is -1.31. The molecular formula is C21H21BrN4O5. The van der Waals surface area contributed by atoms with E-state index in [4.69, 9.17) is 4.74 Å². The maximum absolute atomic E-state index is 13.0. The number of carbonyl (C=O) groups excluding carboxylic acids is 4. The number of halogens is 1. The molecule has 9 nitrogen and oxygen atoms in total. The number of nitrogens with one attached hydrogen (secondary N) is 3. The van der Waals surface area contributed by atoms with Crippen molar-refractivity contribution in [2.75, 3.05) is 24.3 Å². The van der Waals surface area contributed by atoms with Crippen LogP contribution < -0.4 is 20.7 Å². The highest BCUT2D eigenvalue weighted by molar-refractivity contribution is 9.10. The van der Waals surface area contributed by atoms with Crippen LogP contribution >= 0.6 is 15.9 Å². The van der Waals surface area contributed by atoms with Crippen molar-refractivity contribution in [3.63, 3.8) is 0 Å². The number of amides is 5. The molecule has 2 aromatic rings. The van der Waals surface area contributed by atoms with E-state index in [2.05, 4.69) is 31.9 Å². The first-order chi connectivity index (χ1) is 14.7. The number of ether oxygens (including phenoxy) is 1. The molecule has 3 rings (SSSR count). The minimum absolute atomic E-state index is 0.270. The van der Waals surface area contributed by atoms with Crippen LogP contribution in [0.4, 0.5) is 16.2 Å². The summed E-state index contributed by atoms with van der Waals surface area (Å²) in [5, 5.41) is 7.90. The predicted octanol–water partition coefficient (Wildman–Crippen LogP) is 2.82. The number of nitrogens with zero attached hydrogens (tertiary/aromatic N) is 1. The molecule has 0 saturated carbocycles. The van der Waals surface area contributed by atoms with Gasteiger partial charge in [0.1, 0.15) is 17.8 Å². The molecule has 0 aliphatic carbocycles. The van der Waals surface area contributed by atoms with Gasteiger partial charge in [0.2, 0.25) is 11.8 Å². The average Bonchev–Trinajstić information content (AvgIpc) is 2.92. The Kier molecular flexibility index (Phi) is 6.30. The van der Waals surface area contributed by atoms with Crippen LogP contribution in [0.1, 0.15) is 19.4 Å². The summed E-state index contributed by atoms with van der Waals surface area (Å²) in [6, 6.07) is 11.1. The van der Waals surface area contributed by atoms with E-state index in [1.807, 2.05) is 0 Å². The van der Waals surface area contributed by atoms with Gasteiger partial charge >= 0.3 is 6.03 Å². The molecule has 2 aromatic carbocycles. The molecule has 0 spiro atoms. The first kappa shape index (κ1) is 22.3. The predicted molar refractivity (Wildman–Crippen MR) is 118 cm³/mol. The summed E-state index contributed by atoms with van der Waals surface area (Å²) in [6.07, 6.45) is 0. The van der Waals surface area contributed by atoms with Crippen LogP contribution in [0.3, 0.4) is 0 Å². The van der Waals surface area contributed by atoms with Crippen LogP contribution in [0.2, 0.25) is 0 Å². The van der Waals surface area contributed by atoms with E-state index < -0.39 is 29.9 Å². The van der Waals surface area contributed by atoms with Crippen LogP contribution in [0.15, 0.2) is 46.9 Å². The molecule has 1 heterocycles. The third-order valence-electron chi connectivity index (χ3n) is 4.78. The van der Waals surface area contributed by atoms with E-state index in [0.717, 1.165) is 4.90 Å². The Balaban J connectivity index is 1.78. The highest BCUT2D eigenvalue weighted by atomic mass is 79.9. The van der Waals surface area contributed by atoms with E-state index in [1.54, 1.807) is 43.3 Å². The van der Waals surface area contributed by atoms with Crippen molar-refractivity contribution in [3.8, 4) is 5.75 Å². The van der Waals surface area contributed by atoms with Crippen LogP contribution in [-0.4, -0.2) is 42.3 Å². The lowest BCUT2D eigenvalue weighted by Crippen LogP contribution is -2.42. The second-order valence-corrected chi connectivity index (χ2v) is 7.93. The van der Waals surface area contributed by atoms with E-state index in [-0.39, 0.29) is 5.91 Å². The van der Waals surface area contributed by atoms with Gasteiger partial charge in [0.25, 0.3) is 5.91 Å². The first-order valence-corrected chi connectivity index (χ1v) is 10.1. The highest BCUT2D eigenvalue weighted by Gasteiger charge is 2.50. The fraction of sp³-hybridized carbons (Fsp3) is 0.238. The summed E-state index contributed by atoms with van der Waals surface area (Å²) in [5.74, 6) is -1.05. The zero-order valence-corrected chi connectivity index (χ0v) is 18.7. The van der Waals surface area contributed by atoms with Gasteiger partial charge in [0, 0.05) is 22.6 Å². The summed E-state index contributed by atoms with van der Waals surface area (Å²) < 4.78 is 5.89. The summed E-state index contributed by atoms with van der Waals surface area (Å²) in [6.45, 7) is 2.46. The van der Waals surface area contributed by atoms with Gasteiger partial charge in [-0.15, -0.1) is 0 Å². The molecule has 0 bridgehead atoms. The molecule has 1 aliphatic heterocycles. The van der Waals surface area contributed by atoms with Crippen molar-refractivity contribution in [2.45, 2.75) is 19.4 Å². The second-order valence-electron chi connectivity index (χ2n) is 7.07. The summed E-state index contributed by atoms with van der Waals surface area (Å²) in [4.78, 5) is 50.3. The van der Waals surface area contributed by atoms with E-state index in [9.17, 15) is 19.2 Å². The molecule has 1 fully saturated rings. The Labute approximate surface area is 187 Å². The Morgan fingerprint density at radius 1 is 1.16 bits per heavy atom. The Bertz CT molecular complexity index is 1070. The number of hydrogen-bond donors (Lipinski definition) is 3. The number of methoxy groups -OCH3 is 1. The lowest BCUT2D eigenvalue weighted by atomic mass is 9.92. The fourth-order valence-corrected chi connectivity index (χ4v) is 3.99. The van der Waals surface area contributed by atoms with Crippen LogP contribution in [0.5, 0.6) is 5.75 Å². The van der Waals surface area contributed by atoms with Gasteiger partial charge in [0.05, 0.1) is 12.8 Å². The maximum Gasteiger partial charge on any atom is 0.325 e. The van der Waals surface area contributed by atoms with Crippen molar-refractivity contribution in [2.24, 2.45) is 0 Å². The number of rotatable bonds is 6. The van der Waals surface area contributed by atoms with Crippen molar-refractivity contribution in [1.82, 2.24) is 10.2 Å². The summed E-state index contributed by atoms with van der Waals surface area (Å²) in [5.41, 5.74) is 0.0286. The molecule has 0 radical (unpaired) electrons. The van der Waals surface area contributed by atoms with E-state index >= 15 is 0 Å². The molecule has 5 amide bonds. The molecule has 10 heteroatoms. The molecule has 0 unspecified atom stereocenters. The van der Waals surface area contributed by atoms with Gasteiger partial charge in [-0.25, -0.2) is 4.79 Å². The maximum atomic E-state index is 13.0. The number of hydrogen-bond acceptors (Lipinski definition) is 5. The van der Waals surface area contributed by atoms with Crippen LogP contribution in [-0.2, 0) is 19.9 Å². The quantitative estimate of drug-likeness (QED) is 0.540. The number of carbonyl (C=O) groups is 4. The second kappa shape index (κ2) is 8.76. The number of anilines is 2. The Morgan fingerprint density at radius 3 is 2.52 bits per heavy atom. The number of imide groups is 1. The van der Waals surface area contributed by atoms with Crippen molar-refractivity contribution in [1.29, 1.82) is 0 Å². The third kappa shape index (κ3) is 4.53. The van der Waals surface area contributed by atoms with Gasteiger partial charge in [-0.05, 0) is 31.2 Å².